The molecule has 1 aromatic carbocycles. The van der Waals surface area contributed by atoms with Gasteiger partial charge in [0.15, 0.2) is 0 Å². The van der Waals surface area contributed by atoms with Gasteiger partial charge in [0.05, 0.1) is 6.04 Å². The van der Waals surface area contributed by atoms with E-state index in [0.717, 1.165) is 43.5 Å². The highest BCUT2D eigenvalue weighted by Crippen LogP contribution is 2.38. The molecule has 1 heterocycles. The molecule has 0 aliphatic heterocycles. The van der Waals surface area contributed by atoms with Gasteiger partial charge in [-0.05, 0) is 68.2 Å². The van der Waals surface area contributed by atoms with Crippen molar-refractivity contribution in [1.82, 2.24) is 14.9 Å². The van der Waals surface area contributed by atoms with E-state index in [9.17, 15) is 5.26 Å². The Morgan fingerprint density at radius 3 is 2.42 bits per heavy atom. The summed E-state index contributed by atoms with van der Waals surface area (Å²) in [7, 11) is 0.632. The zero-order valence-corrected chi connectivity index (χ0v) is 22.0. The van der Waals surface area contributed by atoms with Crippen LogP contribution in [0.1, 0.15) is 65.0 Å². The predicted octanol–water partition coefficient (Wildman–Crippen LogP) is 5.89. The first kappa shape index (κ1) is 25.4. The van der Waals surface area contributed by atoms with Crippen molar-refractivity contribution in [2.24, 2.45) is 0 Å². The Balaban J connectivity index is 2.28. The number of hydrogen-bond acceptors (Lipinski definition) is 5. The fraction of sp³-hybridized carbons (Fsp3) is 0.565. The molecule has 0 saturated carbocycles. The van der Waals surface area contributed by atoms with Crippen LogP contribution in [0.2, 0.25) is 18.1 Å². The first-order valence-electron chi connectivity index (χ1n) is 11.1. The van der Waals surface area contributed by atoms with Gasteiger partial charge in [-0.15, -0.1) is 0 Å². The lowest BCUT2D eigenvalue weighted by Gasteiger charge is -2.36. The third kappa shape index (κ3) is 6.09. The number of benzene rings is 1. The van der Waals surface area contributed by atoms with Gasteiger partial charge in [-0.3, -0.25) is 0 Å². The minimum atomic E-state index is -1.90. The van der Waals surface area contributed by atoms with Crippen molar-refractivity contribution in [1.29, 1.82) is 5.26 Å². The number of unbranched alkanes of at least 4 members (excludes halogenated alkanes) is 1. The Labute approximate surface area is 190 Å². The Morgan fingerprint density at radius 1 is 1.26 bits per heavy atom. The lowest BCUT2D eigenvalue weighted by atomic mass is 10.1. The molecule has 31 heavy (non-hydrogen) atoms. The van der Waals surface area contributed by atoms with Crippen LogP contribution in [0.15, 0.2) is 24.3 Å². The van der Waals surface area contributed by atoms with E-state index in [1.807, 2.05) is 28.9 Å². The summed E-state index contributed by atoms with van der Waals surface area (Å²) in [5.74, 6) is 1.31. The molecule has 2 atom stereocenters. The highest BCUT2D eigenvalue weighted by Gasteiger charge is 2.39. The number of rotatable bonds is 10. The van der Waals surface area contributed by atoms with Crippen LogP contribution in [0.5, 0.6) is 5.75 Å². The molecular formula is C23H38N5OPSi. The van der Waals surface area contributed by atoms with Crippen molar-refractivity contribution in [3.05, 3.63) is 29.8 Å². The molecule has 0 spiro atoms. The number of anilines is 1. The van der Waals surface area contributed by atoms with Crippen LogP contribution in [0.3, 0.4) is 0 Å². The lowest BCUT2D eigenvalue weighted by Crippen LogP contribution is -2.43. The van der Waals surface area contributed by atoms with Gasteiger partial charge in [0.1, 0.15) is 28.9 Å². The summed E-state index contributed by atoms with van der Waals surface area (Å²) in [5.41, 5.74) is 8.33. The molecule has 0 bridgehead atoms. The number of nitriles is 1. The molecule has 0 fully saturated rings. The van der Waals surface area contributed by atoms with E-state index in [0.29, 0.717) is 17.1 Å². The topological polar surface area (TPSA) is 88.9 Å². The van der Waals surface area contributed by atoms with Gasteiger partial charge in [0.2, 0.25) is 8.32 Å². The van der Waals surface area contributed by atoms with Gasteiger partial charge in [-0.2, -0.15) is 10.4 Å². The maximum atomic E-state index is 9.76. The number of nitrogens with one attached hydrogen (secondary N) is 1. The van der Waals surface area contributed by atoms with Crippen molar-refractivity contribution in [2.75, 3.05) is 12.3 Å². The minimum absolute atomic E-state index is 0.133. The molecule has 170 valence electrons. The van der Waals surface area contributed by atoms with Crippen LogP contribution in [-0.4, -0.2) is 24.6 Å². The van der Waals surface area contributed by atoms with Crippen molar-refractivity contribution in [3.8, 4) is 23.1 Å². The minimum Gasteiger partial charge on any atom is -0.544 e. The Bertz CT molecular complexity index is 896. The molecule has 1 aromatic heterocycles. The maximum Gasteiger partial charge on any atom is 0.250 e. The van der Waals surface area contributed by atoms with E-state index in [2.05, 4.69) is 61.3 Å². The van der Waals surface area contributed by atoms with Crippen LogP contribution >= 0.6 is 9.39 Å². The molecule has 0 radical (unpaired) electrons. The predicted molar refractivity (Wildman–Crippen MR) is 136 cm³/mol. The summed E-state index contributed by atoms with van der Waals surface area (Å²) < 4.78 is 8.23. The van der Waals surface area contributed by atoms with E-state index in [1.54, 1.807) is 0 Å². The molecule has 3 N–H and O–H groups in total. The number of nitrogens with two attached hydrogens (primary N) is 1. The average Bonchev–Trinajstić information content (AvgIpc) is 3.04. The largest absolute Gasteiger partial charge is 0.544 e. The summed E-state index contributed by atoms with van der Waals surface area (Å²) in [5, 5.41) is 17.8. The molecule has 0 aliphatic rings. The zero-order chi connectivity index (χ0) is 23.2. The van der Waals surface area contributed by atoms with Gasteiger partial charge in [0.25, 0.3) is 0 Å². The van der Waals surface area contributed by atoms with Gasteiger partial charge in [-0.25, -0.2) is 4.68 Å². The van der Waals surface area contributed by atoms with E-state index >= 15 is 0 Å². The number of aromatic nitrogens is 2. The average molecular weight is 460 g/mol. The van der Waals surface area contributed by atoms with Crippen LogP contribution in [-0.2, 0) is 0 Å². The fourth-order valence-corrected chi connectivity index (χ4v) is 4.51. The molecule has 0 aliphatic carbocycles. The molecule has 6 nitrogen and oxygen atoms in total. The van der Waals surface area contributed by atoms with Gasteiger partial charge in [-0.1, -0.05) is 43.5 Å². The second kappa shape index (κ2) is 10.6. The summed E-state index contributed by atoms with van der Waals surface area (Å²) in [4.78, 5) is 0. The Hall–Kier alpha value is -1.87. The molecule has 0 amide bonds. The normalized spacial score (nSPS) is 13.1. The lowest BCUT2D eigenvalue weighted by molar-refractivity contribution is 0.404. The second-order valence-electron chi connectivity index (χ2n) is 9.56. The quantitative estimate of drug-likeness (QED) is 0.263. The summed E-state index contributed by atoms with van der Waals surface area (Å²) in [6.45, 7) is 14.2. The standard InChI is InChI=1S/C23H38N5OPSi/c1-7-18(10-8-9-15-26-30)28-22(25)20(16-24)21(27-28)17-11-13-19(14-12-17)29-31(5,6)23(2,3)4/h11-14,18,26H,7-10,15,25,30H2,1-6H3. The van der Waals surface area contributed by atoms with Gasteiger partial charge >= 0.3 is 0 Å². The number of hydrogen-bond donors (Lipinski definition) is 2. The molecule has 2 rings (SSSR count). The number of nitrogen functional groups attached to an aromatic ring is 1. The highest BCUT2D eigenvalue weighted by atomic mass is 31.0. The van der Waals surface area contributed by atoms with E-state index in [-0.39, 0.29) is 11.1 Å². The van der Waals surface area contributed by atoms with Crippen molar-refractivity contribution < 1.29 is 4.43 Å². The first-order valence-corrected chi connectivity index (χ1v) is 14.5. The fourth-order valence-electron chi connectivity index (χ4n) is 3.27. The smallest absolute Gasteiger partial charge is 0.250 e. The first-order chi connectivity index (χ1) is 14.6. The highest BCUT2D eigenvalue weighted by molar-refractivity contribution is 7.13. The molecule has 2 aromatic rings. The molecule has 0 saturated heterocycles. The van der Waals surface area contributed by atoms with Gasteiger partial charge in [0, 0.05) is 5.56 Å². The van der Waals surface area contributed by atoms with Crippen LogP contribution in [0.4, 0.5) is 5.82 Å². The summed E-state index contributed by atoms with van der Waals surface area (Å²) in [6, 6.07) is 10.3. The number of nitrogens with zero attached hydrogens (tertiary/aromatic N) is 3. The Kier molecular flexibility index (Phi) is 8.71. The molecular weight excluding hydrogens is 421 g/mol. The summed E-state index contributed by atoms with van der Waals surface area (Å²) >= 11 is 0. The summed E-state index contributed by atoms with van der Waals surface area (Å²) in [6.07, 6.45) is 4.08. The SMILES string of the molecule is CCC(CCCCNP)n1nc(-c2ccc(O[Si](C)(C)C(C)(C)C)cc2)c(C#N)c1N. The Morgan fingerprint density at radius 2 is 1.90 bits per heavy atom. The molecule has 8 heteroatoms. The van der Waals surface area contributed by atoms with E-state index < -0.39 is 8.32 Å². The van der Waals surface area contributed by atoms with Crippen LogP contribution in [0.25, 0.3) is 11.3 Å². The van der Waals surface area contributed by atoms with E-state index in [4.69, 9.17) is 15.3 Å². The third-order valence-corrected chi connectivity index (χ3v) is 10.9. The van der Waals surface area contributed by atoms with E-state index in [1.165, 1.54) is 0 Å². The second-order valence-corrected chi connectivity index (χ2v) is 14.7. The van der Waals surface area contributed by atoms with Crippen LogP contribution < -0.4 is 15.2 Å². The van der Waals surface area contributed by atoms with Crippen molar-refractivity contribution in [2.45, 2.75) is 77.6 Å². The third-order valence-electron chi connectivity index (χ3n) is 6.29. The van der Waals surface area contributed by atoms with Gasteiger partial charge < -0.3 is 15.2 Å². The molecule has 2 unspecified atom stereocenters. The monoisotopic (exact) mass is 459 g/mol. The van der Waals surface area contributed by atoms with Crippen molar-refractivity contribution >= 4 is 23.5 Å². The zero-order valence-electron chi connectivity index (χ0n) is 19.8. The van der Waals surface area contributed by atoms with Crippen molar-refractivity contribution in [3.63, 3.8) is 0 Å². The maximum absolute atomic E-state index is 9.76. The van der Waals surface area contributed by atoms with Crippen LogP contribution in [0, 0.1) is 11.3 Å².